The lowest BCUT2D eigenvalue weighted by atomic mass is 10.00. The Balaban J connectivity index is 1.83. The lowest BCUT2D eigenvalue weighted by molar-refractivity contribution is 0.356. The van der Waals surface area contributed by atoms with Crippen LogP contribution in [0, 0.1) is 0 Å². The largest absolute Gasteiger partial charge is 0.493 e. The predicted molar refractivity (Wildman–Crippen MR) is 73.7 cm³/mol. The molecule has 1 aliphatic rings. The Morgan fingerprint density at radius 3 is 3.11 bits per heavy atom. The zero-order valence-electron chi connectivity index (χ0n) is 10.1. The first-order valence-electron chi connectivity index (χ1n) is 6.11. The number of hydrazine groups is 1. The molecule has 0 spiro atoms. The first kappa shape index (κ1) is 11.7. The fraction of sp³-hybridized carbons (Fsp3) is 0.286. The summed E-state index contributed by atoms with van der Waals surface area (Å²) >= 11 is 1.77. The van der Waals surface area contributed by atoms with Crippen LogP contribution in [0.2, 0.25) is 0 Å². The lowest BCUT2D eigenvalue weighted by Gasteiger charge is -2.16. The van der Waals surface area contributed by atoms with Gasteiger partial charge in [0, 0.05) is 17.7 Å². The van der Waals surface area contributed by atoms with Gasteiger partial charge in [-0.3, -0.25) is 11.3 Å². The summed E-state index contributed by atoms with van der Waals surface area (Å²) in [4.78, 5) is 1.34. The number of thiophene rings is 1. The van der Waals surface area contributed by atoms with Gasteiger partial charge in [0.15, 0.2) is 0 Å². The molecule has 18 heavy (non-hydrogen) atoms. The molecule has 0 saturated heterocycles. The van der Waals surface area contributed by atoms with Gasteiger partial charge in [-0.1, -0.05) is 18.2 Å². The van der Waals surface area contributed by atoms with Gasteiger partial charge in [-0.2, -0.15) is 0 Å². The highest BCUT2D eigenvalue weighted by Crippen LogP contribution is 2.29. The topological polar surface area (TPSA) is 47.3 Å². The summed E-state index contributed by atoms with van der Waals surface area (Å²) in [5.74, 6) is 6.71. The molecule has 3 rings (SSSR count). The van der Waals surface area contributed by atoms with E-state index in [1.54, 1.807) is 11.3 Å². The van der Waals surface area contributed by atoms with Crippen molar-refractivity contribution in [3.8, 4) is 5.75 Å². The third-order valence-electron chi connectivity index (χ3n) is 3.30. The van der Waals surface area contributed by atoms with Crippen molar-refractivity contribution in [1.29, 1.82) is 0 Å². The van der Waals surface area contributed by atoms with Crippen LogP contribution in [0.25, 0.3) is 0 Å². The highest BCUT2D eigenvalue weighted by atomic mass is 32.1. The van der Waals surface area contributed by atoms with Crippen molar-refractivity contribution in [2.45, 2.75) is 18.9 Å². The average Bonchev–Trinajstić information content (AvgIpc) is 3.06. The van der Waals surface area contributed by atoms with Crippen LogP contribution in [0.15, 0.2) is 35.7 Å². The van der Waals surface area contributed by atoms with E-state index in [4.69, 9.17) is 10.6 Å². The molecule has 0 aliphatic carbocycles. The number of nitrogens with two attached hydrogens (primary N) is 1. The summed E-state index contributed by atoms with van der Waals surface area (Å²) in [5, 5.41) is 2.10. The van der Waals surface area contributed by atoms with Crippen molar-refractivity contribution in [1.82, 2.24) is 5.43 Å². The molecule has 3 nitrogen and oxygen atoms in total. The first-order chi connectivity index (χ1) is 8.86. The van der Waals surface area contributed by atoms with Crippen LogP contribution in [0.5, 0.6) is 5.75 Å². The Morgan fingerprint density at radius 1 is 1.39 bits per heavy atom. The second-order valence-corrected chi connectivity index (χ2v) is 5.50. The Labute approximate surface area is 111 Å². The molecule has 3 N–H and O–H groups in total. The molecule has 1 aromatic carbocycles. The Bertz CT molecular complexity index is 525. The number of nitrogens with one attached hydrogen (secondary N) is 1. The van der Waals surface area contributed by atoms with Crippen molar-refractivity contribution in [3.05, 3.63) is 51.7 Å². The fourth-order valence-electron chi connectivity index (χ4n) is 2.33. The van der Waals surface area contributed by atoms with Gasteiger partial charge in [0.1, 0.15) is 5.75 Å². The van der Waals surface area contributed by atoms with Crippen LogP contribution in [0.1, 0.15) is 22.0 Å². The molecule has 1 aromatic heterocycles. The van der Waals surface area contributed by atoms with Gasteiger partial charge in [-0.05, 0) is 28.6 Å². The second-order valence-electron chi connectivity index (χ2n) is 4.47. The number of ether oxygens (including phenoxy) is 1. The van der Waals surface area contributed by atoms with Crippen LogP contribution in [0.3, 0.4) is 0 Å². The number of rotatable bonds is 4. The molecule has 0 amide bonds. The maximum atomic E-state index is 5.69. The second kappa shape index (κ2) is 5.10. The standard InChI is InChI=1S/C14H16N2OS/c15-16-13(9-12-2-1-7-18-12)10-3-4-14-11(8-10)5-6-17-14/h1-4,7-8,13,16H,5-6,9,15H2. The molecule has 1 unspecified atom stereocenters. The van der Waals surface area contributed by atoms with E-state index in [1.807, 2.05) is 0 Å². The van der Waals surface area contributed by atoms with Gasteiger partial charge in [0.25, 0.3) is 0 Å². The zero-order chi connectivity index (χ0) is 12.4. The van der Waals surface area contributed by atoms with E-state index < -0.39 is 0 Å². The summed E-state index contributed by atoms with van der Waals surface area (Å²) in [6.45, 7) is 0.796. The molecule has 0 fully saturated rings. The minimum Gasteiger partial charge on any atom is -0.493 e. The number of benzene rings is 1. The van der Waals surface area contributed by atoms with Crippen molar-refractivity contribution in [3.63, 3.8) is 0 Å². The van der Waals surface area contributed by atoms with Crippen LogP contribution >= 0.6 is 11.3 Å². The smallest absolute Gasteiger partial charge is 0.122 e. The Kier molecular flexibility index (Phi) is 3.32. The number of fused-ring (bicyclic) bond motifs is 1. The van der Waals surface area contributed by atoms with Crippen LogP contribution in [-0.4, -0.2) is 6.61 Å². The third-order valence-corrected chi connectivity index (χ3v) is 4.20. The van der Waals surface area contributed by atoms with E-state index in [0.29, 0.717) is 0 Å². The molecular formula is C14H16N2OS. The van der Waals surface area contributed by atoms with E-state index in [0.717, 1.165) is 25.2 Å². The van der Waals surface area contributed by atoms with Crippen molar-refractivity contribution in [2.24, 2.45) is 5.84 Å². The number of hydrogen-bond donors (Lipinski definition) is 2. The lowest BCUT2D eigenvalue weighted by Crippen LogP contribution is -2.29. The number of hydrogen-bond acceptors (Lipinski definition) is 4. The quantitative estimate of drug-likeness (QED) is 0.655. The van der Waals surface area contributed by atoms with Gasteiger partial charge in [0.2, 0.25) is 0 Å². The molecular weight excluding hydrogens is 244 g/mol. The van der Waals surface area contributed by atoms with Crippen molar-refractivity contribution in [2.75, 3.05) is 6.61 Å². The zero-order valence-corrected chi connectivity index (χ0v) is 10.9. The highest BCUT2D eigenvalue weighted by Gasteiger charge is 2.16. The molecule has 0 saturated carbocycles. The molecule has 1 atom stereocenters. The van der Waals surface area contributed by atoms with Gasteiger partial charge in [0.05, 0.1) is 12.6 Å². The van der Waals surface area contributed by atoms with Gasteiger partial charge < -0.3 is 4.74 Å². The van der Waals surface area contributed by atoms with Crippen LogP contribution < -0.4 is 16.0 Å². The van der Waals surface area contributed by atoms with E-state index in [-0.39, 0.29) is 6.04 Å². The summed E-state index contributed by atoms with van der Waals surface area (Å²) in [6, 6.07) is 10.7. The third kappa shape index (κ3) is 2.27. The molecule has 0 bridgehead atoms. The minimum absolute atomic E-state index is 0.162. The summed E-state index contributed by atoms with van der Waals surface area (Å²) in [7, 11) is 0. The Morgan fingerprint density at radius 2 is 2.33 bits per heavy atom. The molecule has 4 heteroatoms. The SMILES string of the molecule is NNC(Cc1cccs1)c1ccc2c(c1)CCO2. The maximum absolute atomic E-state index is 5.69. The van der Waals surface area contributed by atoms with E-state index in [9.17, 15) is 0 Å². The monoisotopic (exact) mass is 260 g/mol. The van der Waals surface area contributed by atoms with Crippen LogP contribution in [0.4, 0.5) is 0 Å². The van der Waals surface area contributed by atoms with Gasteiger partial charge in [-0.25, -0.2) is 0 Å². The first-order valence-corrected chi connectivity index (χ1v) is 6.99. The average molecular weight is 260 g/mol. The summed E-state index contributed by atoms with van der Waals surface area (Å²) in [6.07, 6.45) is 1.92. The molecule has 94 valence electrons. The van der Waals surface area contributed by atoms with E-state index in [2.05, 4.69) is 41.1 Å². The fourth-order valence-corrected chi connectivity index (χ4v) is 3.08. The van der Waals surface area contributed by atoms with E-state index >= 15 is 0 Å². The minimum atomic E-state index is 0.162. The van der Waals surface area contributed by atoms with Gasteiger partial charge >= 0.3 is 0 Å². The van der Waals surface area contributed by atoms with Crippen molar-refractivity contribution >= 4 is 11.3 Å². The van der Waals surface area contributed by atoms with Crippen LogP contribution in [-0.2, 0) is 12.8 Å². The summed E-state index contributed by atoms with van der Waals surface area (Å²) in [5.41, 5.74) is 5.44. The van der Waals surface area contributed by atoms with Gasteiger partial charge in [-0.15, -0.1) is 11.3 Å². The maximum Gasteiger partial charge on any atom is 0.122 e. The van der Waals surface area contributed by atoms with Crippen molar-refractivity contribution < 1.29 is 4.74 Å². The predicted octanol–water partition coefficient (Wildman–Crippen LogP) is 2.43. The van der Waals surface area contributed by atoms with E-state index in [1.165, 1.54) is 16.0 Å². The normalized spacial score (nSPS) is 15.2. The molecule has 2 aromatic rings. The highest BCUT2D eigenvalue weighted by molar-refractivity contribution is 7.09. The molecule has 0 radical (unpaired) electrons. The Hall–Kier alpha value is -1.36. The molecule has 2 heterocycles. The molecule has 1 aliphatic heterocycles. The summed E-state index contributed by atoms with van der Waals surface area (Å²) < 4.78 is 5.52.